The van der Waals surface area contributed by atoms with Gasteiger partial charge >= 0.3 is 0 Å². The lowest BCUT2D eigenvalue weighted by Crippen LogP contribution is -2.38. The monoisotopic (exact) mass is 480 g/mol. The smallest absolute Gasteiger partial charge is 0.191 e. The summed E-state index contributed by atoms with van der Waals surface area (Å²) in [7, 11) is 7.21. The molecule has 0 saturated carbocycles. The van der Waals surface area contributed by atoms with E-state index in [0.29, 0.717) is 19.8 Å². The molecule has 8 heteroatoms. The quantitative estimate of drug-likeness (QED) is 0.205. The van der Waals surface area contributed by atoms with Gasteiger partial charge in [-0.15, -0.1) is 24.0 Å². The summed E-state index contributed by atoms with van der Waals surface area (Å²) in [5.74, 6) is 1.63. The minimum Gasteiger partial charge on any atom is -0.492 e. The van der Waals surface area contributed by atoms with Gasteiger partial charge in [-0.1, -0.05) is 12.1 Å². The number of aliphatic imine (C=N–C) groups is 1. The average molecular weight is 480 g/mol. The van der Waals surface area contributed by atoms with Crippen molar-refractivity contribution in [1.29, 1.82) is 0 Å². The molecular formula is C18H33IN4O3. The van der Waals surface area contributed by atoms with Crippen molar-refractivity contribution in [3.8, 4) is 5.75 Å². The minimum atomic E-state index is 0. The molecule has 26 heavy (non-hydrogen) atoms. The van der Waals surface area contributed by atoms with Gasteiger partial charge in [0.05, 0.1) is 13.2 Å². The lowest BCUT2D eigenvalue weighted by atomic mass is 10.2. The highest BCUT2D eigenvalue weighted by Crippen LogP contribution is 2.13. The Labute approximate surface area is 174 Å². The molecule has 0 amide bonds. The molecule has 0 aliphatic heterocycles. The minimum absolute atomic E-state index is 0. The summed E-state index contributed by atoms with van der Waals surface area (Å²) < 4.78 is 15.9. The van der Waals surface area contributed by atoms with E-state index < -0.39 is 0 Å². The second-order valence-corrected chi connectivity index (χ2v) is 5.64. The van der Waals surface area contributed by atoms with Gasteiger partial charge in [-0.25, -0.2) is 0 Å². The van der Waals surface area contributed by atoms with E-state index in [1.807, 2.05) is 18.2 Å². The third kappa shape index (κ3) is 11.5. The fourth-order valence-electron chi connectivity index (χ4n) is 2.10. The van der Waals surface area contributed by atoms with E-state index in [-0.39, 0.29) is 24.0 Å². The van der Waals surface area contributed by atoms with E-state index in [2.05, 4.69) is 33.6 Å². The molecule has 0 fully saturated rings. The first-order valence-electron chi connectivity index (χ1n) is 8.52. The lowest BCUT2D eigenvalue weighted by Gasteiger charge is -2.16. The first-order chi connectivity index (χ1) is 12.2. The van der Waals surface area contributed by atoms with Crippen LogP contribution in [0.15, 0.2) is 29.3 Å². The van der Waals surface area contributed by atoms with Gasteiger partial charge in [0.15, 0.2) is 5.96 Å². The highest BCUT2D eigenvalue weighted by Gasteiger charge is 2.02. The first kappa shape index (κ1) is 24.9. The zero-order valence-electron chi connectivity index (χ0n) is 16.3. The van der Waals surface area contributed by atoms with Gasteiger partial charge in [-0.2, -0.15) is 0 Å². The van der Waals surface area contributed by atoms with Gasteiger partial charge in [0.25, 0.3) is 0 Å². The normalized spacial score (nSPS) is 11.2. The van der Waals surface area contributed by atoms with Crippen LogP contribution >= 0.6 is 24.0 Å². The number of nitrogens with zero attached hydrogens (tertiary/aromatic N) is 2. The van der Waals surface area contributed by atoms with E-state index in [9.17, 15) is 0 Å². The number of guanidine groups is 1. The maximum Gasteiger partial charge on any atom is 0.191 e. The summed E-state index contributed by atoms with van der Waals surface area (Å²) in [5.41, 5.74) is 1.14. The molecule has 1 rings (SSSR count). The second kappa shape index (κ2) is 16.1. The van der Waals surface area contributed by atoms with Crippen molar-refractivity contribution >= 4 is 29.9 Å². The highest BCUT2D eigenvalue weighted by atomic mass is 127. The van der Waals surface area contributed by atoms with Crippen LogP contribution in [0.4, 0.5) is 0 Å². The van der Waals surface area contributed by atoms with Crippen LogP contribution in [-0.2, 0) is 16.0 Å². The second-order valence-electron chi connectivity index (χ2n) is 5.64. The fourth-order valence-corrected chi connectivity index (χ4v) is 2.10. The molecule has 7 nitrogen and oxygen atoms in total. The number of likely N-dealkylation sites (N-methyl/N-ethyl adjacent to an activating group) is 1. The predicted molar refractivity (Wildman–Crippen MR) is 117 cm³/mol. The topological polar surface area (TPSA) is 67.4 Å². The first-order valence-corrected chi connectivity index (χ1v) is 8.52. The standard InChI is InChI=1S/C18H32N4O3.HI/c1-19-18(20-8-11-23-3)21-15-16-6-5-7-17(14-16)25-13-10-22(2)9-12-24-4;/h5-7,14H,8-13,15H2,1-4H3,(H2,19,20,21);1H. The highest BCUT2D eigenvalue weighted by molar-refractivity contribution is 14.0. The molecule has 150 valence electrons. The van der Waals surface area contributed by atoms with Gasteiger partial charge in [0.2, 0.25) is 0 Å². The Morgan fingerprint density at radius 2 is 1.81 bits per heavy atom. The number of ether oxygens (including phenoxy) is 3. The van der Waals surface area contributed by atoms with E-state index in [1.165, 1.54) is 0 Å². The summed E-state index contributed by atoms with van der Waals surface area (Å²) >= 11 is 0. The Bertz CT molecular complexity index is 503. The number of hydrogen-bond donors (Lipinski definition) is 2. The number of nitrogens with one attached hydrogen (secondary N) is 2. The molecule has 0 aliphatic carbocycles. The molecule has 0 radical (unpaired) electrons. The Kier molecular flexibility index (Phi) is 15.4. The van der Waals surface area contributed by atoms with Crippen molar-refractivity contribution < 1.29 is 14.2 Å². The van der Waals surface area contributed by atoms with Gasteiger partial charge in [0.1, 0.15) is 12.4 Å². The molecule has 0 saturated heterocycles. The van der Waals surface area contributed by atoms with E-state index in [0.717, 1.165) is 43.5 Å². The van der Waals surface area contributed by atoms with Crippen LogP contribution < -0.4 is 15.4 Å². The van der Waals surface area contributed by atoms with E-state index in [4.69, 9.17) is 14.2 Å². The molecular weight excluding hydrogens is 447 g/mol. The molecule has 0 heterocycles. The van der Waals surface area contributed by atoms with Crippen molar-refractivity contribution in [1.82, 2.24) is 15.5 Å². The molecule has 0 unspecified atom stereocenters. The summed E-state index contributed by atoms with van der Waals surface area (Å²) in [6, 6.07) is 8.09. The molecule has 0 aromatic heterocycles. The number of methoxy groups -OCH3 is 2. The van der Waals surface area contributed by atoms with Gasteiger partial charge < -0.3 is 29.7 Å². The fraction of sp³-hybridized carbons (Fsp3) is 0.611. The van der Waals surface area contributed by atoms with Gasteiger partial charge in [-0.3, -0.25) is 4.99 Å². The van der Waals surface area contributed by atoms with Crippen molar-refractivity contribution in [3.05, 3.63) is 29.8 Å². The molecule has 1 aromatic rings. The molecule has 0 bridgehead atoms. The summed E-state index contributed by atoms with van der Waals surface area (Å²) in [6.45, 7) is 5.19. The lowest BCUT2D eigenvalue weighted by molar-refractivity contribution is 0.150. The van der Waals surface area contributed by atoms with Crippen LogP contribution in [0.25, 0.3) is 0 Å². The Balaban J connectivity index is 0.00000625. The largest absolute Gasteiger partial charge is 0.492 e. The predicted octanol–water partition coefficient (Wildman–Crippen LogP) is 1.57. The maximum absolute atomic E-state index is 5.84. The Morgan fingerprint density at radius 1 is 1.08 bits per heavy atom. The van der Waals surface area contributed by atoms with Crippen LogP contribution in [0.5, 0.6) is 5.75 Å². The molecule has 0 spiro atoms. The summed E-state index contributed by atoms with van der Waals surface area (Å²) in [4.78, 5) is 6.37. The number of hydrogen-bond acceptors (Lipinski definition) is 5. The van der Waals surface area contributed by atoms with E-state index in [1.54, 1.807) is 21.3 Å². The van der Waals surface area contributed by atoms with Crippen molar-refractivity contribution in [2.24, 2.45) is 4.99 Å². The molecule has 0 aliphatic rings. The van der Waals surface area contributed by atoms with Gasteiger partial charge in [-0.05, 0) is 24.7 Å². The van der Waals surface area contributed by atoms with Crippen LogP contribution in [0.2, 0.25) is 0 Å². The molecule has 2 N–H and O–H groups in total. The summed E-state index contributed by atoms with van der Waals surface area (Å²) in [6.07, 6.45) is 0. The Morgan fingerprint density at radius 3 is 2.50 bits per heavy atom. The van der Waals surface area contributed by atoms with Crippen LogP contribution in [0, 0.1) is 0 Å². The van der Waals surface area contributed by atoms with Crippen molar-refractivity contribution in [3.63, 3.8) is 0 Å². The zero-order chi connectivity index (χ0) is 18.3. The maximum atomic E-state index is 5.84. The van der Waals surface area contributed by atoms with E-state index >= 15 is 0 Å². The van der Waals surface area contributed by atoms with Crippen molar-refractivity contribution in [2.45, 2.75) is 6.54 Å². The molecule has 1 aromatic carbocycles. The number of halogens is 1. The third-order valence-electron chi connectivity index (χ3n) is 3.60. The molecule has 0 atom stereocenters. The zero-order valence-corrected chi connectivity index (χ0v) is 18.6. The van der Waals surface area contributed by atoms with Crippen LogP contribution in [0.3, 0.4) is 0 Å². The number of rotatable bonds is 12. The Hall–Kier alpha value is -1.10. The SMILES string of the molecule is CN=C(NCCOC)NCc1cccc(OCCN(C)CCOC)c1.I. The van der Waals surface area contributed by atoms with Crippen LogP contribution in [0.1, 0.15) is 5.56 Å². The average Bonchev–Trinajstić information content (AvgIpc) is 2.63. The van der Waals surface area contributed by atoms with Crippen LogP contribution in [-0.4, -0.2) is 78.6 Å². The number of benzene rings is 1. The van der Waals surface area contributed by atoms with Gasteiger partial charge in [0, 0.05) is 47.4 Å². The third-order valence-corrected chi connectivity index (χ3v) is 3.60. The van der Waals surface area contributed by atoms with Crippen molar-refractivity contribution in [2.75, 3.05) is 67.8 Å². The summed E-state index contributed by atoms with van der Waals surface area (Å²) in [5, 5.41) is 6.46.